The van der Waals surface area contributed by atoms with E-state index in [1.807, 2.05) is 32.0 Å². The average molecular weight is 358 g/mol. The topological polar surface area (TPSA) is 49.8 Å². The van der Waals surface area contributed by atoms with Gasteiger partial charge in [0, 0.05) is 17.6 Å². The van der Waals surface area contributed by atoms with Crippen LogP contribution in [0.25, 0.3) is 0 Å². The van der Waals surface area contributed by atoms with Crippen molar-refractivity contribution in [3.63, 3.8) is 0 Å². The van der Waals surface area contributed by atoms with Crippen LogP contribution in [0, 0.1) is 13.8 Å². The lowest BCUT2D eigenvalue weighted by molar-refractivity contribution is -0.137. The minimum absolute atomic E-state index is 0.207. The standard InChI is InChI=1S/C19H17F3N4/c1-12-6-7-16(10-13(12)2)24-17-8-9-23-18(26-17)25-15-5-3-4-14(11-15)19(20,21)22/h3-11H,1-2H3,(H2,23,24,25,26). The SMILES string of the molecule is Cc1ccc(Nc2ccnc(Nc3cccc(C(F)(F)F)c3)n2)cc1C. The number of benzene rings is 2. The van der Waals surface area contributed by atoms with Crippen LogP contribution in [-0.2, 0) is 6.18 Å². The third-order valence-corrected chi connectivity index (χ3v) is 3.88. The van der Waals surface area contributed by atoms with E-state index < -0.39 is 11.7 Å². The Labute approximate surface area is 149 Å². The first-order chi connectivity index (χ1) is 12.3. The molecule has 7 heteroatoms. The summed E-state index contributed by atoms with van der Waals surface area (Å²) in [6, 6.07) is 12.5. The Bertz CT molecular complexity index is 923. The highest BCUT2D eigenvalue weighted by atomic mass is 19.4. The Morgan fingerprint density at radius 1 is 0.846 bits per heavy atom. The van der Waals surface area contributed by atoms with Crippen LogP contribution < -0.4 is 10.6 Å². The first-order valence-corrected chi connectivity index (χ1v) is 7.93. The maximum atomic E-state index is 12.8. The van der Waals surface area contributed by atoms with Gasteiger partial charge in [0.2, 0.25) is 5.95 Å². The number of alkyl halides is 3. The van der Waals surface area contributed by atoms with Crippen molar-refractivity contribution in [3.05, 3.63) is 71.4 Å². The average Bonchev–Trinajstić information content (AvgIpc) is 2.58. The van der Waals surface area contributed by atoms with E-state index in [1.165, 1.54) is 23.9 Å². The molecule has 0 saturated carbocycles. The van der Waals surface area contributed by atoms with Crippen molar-refractivity contribution in [3.8, 4) is 0 Å². The second kappa shape index (κ2) is 7.03. The molecule has 0 amide bonds. The summed E-state index contributed by atoms with van der Waals surface area (Å²) < 4.78 is 38.4. The van der Waals surface area contributed by atoms with E-state index in [4.69, 9.17) is 0 Å². The summed E-state index contributed by atoms with van der Waals surface area (Å²) in [4.78, 5) is 8.35. The molecule has 2 aromatic carbocycles. The monoisotopic (exact) mass is 358 g/mol. The summed E-state index contributed by atoms with van der Waals surface area (Å²) in [5, 5.41) is 5.96. The molecule has 3 rings (SSSR count). The van der Waals surface area contributed by atoms with Gasteiger partial charge in [0.05, 0.1) is 5.56 Å². The number of rotatable bonds is 4. The van der Waals surface area contributed by atoms with Crippen molar-refractivity contribution in [2.45, 2.75) is 20.0 Å². The predicted octanol–water partition coefficient (Wildman–Crippen LogP) is 5.60. The number of hydrogen-bond acceptors (Lipinski definition) is 4. The van der Waals surface area contributed by atoms with Crippen LogP contribution in [0.2, 0.25) is 0 Å². The number of aromatic nitrogens is 2. The van der Waals surface area contributed by atoms with Gasteiger partial charge in [0.15, 0.2) is 0 Å². The molecule has 134 valence electrons. The van der Waals surface area contributed by atoms with Gasteiger partial charge in [-0.05, 0) is 61.4 Å². The number of nitrogens with one attached hydrogen (secondary N) is 2. The number of anilines is 4. The molecule has 0 bridgehead atoms. The Morgan fingerprint density at radius 2 is 1.62 bits per heavy atom. The summed E-state index contributed by atoms with van der Waals surface area (Å²) in [6.45, 7) is 4.04. The highest BCUT2D eigenvalue weighted by Gasteiger charge is 2.30. The molecule has 0 radical (unpaired) electrons. The number of hydrogen-bond donors (Lipinski definition) is 2. The fourth-order valence-corrected chi connectivity index (χ4v) is 2.36. The van der Waals surface area contributed by atoms with Gasteiger partial charge >= 0.3 is 6.18 Å². The first kappa shape index (κ1) is 17.7. The molecule has 0 spiro atoms. The number of aryl methyl sites for hydroxylation is 2. The van der Waals surface area contributed by atoms with Gasteiger partial charge in [0.1, 0.15) is 5.82 Å². The van der Waals surface area contributed by atoms with Crippen LogP contribution in [0.15, 0.2) is 54.7 Å². The summed E-state index contributed by atoms with van der Waals surface area (Å²) in [5.74, 6) is 0.746. The molecule has 0 aliphatic carbocycles. The lowest BCUT2D eigenvalue weighted by Crippen LogP contribution is -2.06. The fraction of sp³-hybridized carbons (Fsp3) is 0.158. The molecule has 0 unspecified atom stereocenters. The predicted molar refractivity (Wildman–Crippen MR) is 96.0 cm³/mol. The molecule has 4 nitrogen and oxygen atoms in total. The number of nitrogens with zero attached hydrogens (tertiary/aromatic N) is 2. The number of halogens is 3. The molecule has 0 saturated heterocycles. The Hall–Kier alpha value is -3.09. The van der Waals surface area contributed by atoms with Crippen LogP contribution in [0.1, 0.15) is 16.7 Å². The van der Waals surface area contributed by atoms with E-state index in [2.05, 4.69) is 20.6 Å². The molecule has 0 atom stereocenters. The van der Waals surface area contributed by atoms with E-state index in [0.29, 0.717) is 5.82 Å². The lowest BCUT2D eigenvalue weighted by Gasteiger charge is -2.11. The molecular formula is C19H17F3N4. The van der Waals surface area contributed by atoms with Crippen LogP contribution in [0.3, 0.4) is 0 Å². The highest BCUT2D eigenvalue weighted by Crippen LogP contribution is 2.31. The quantitative estimate of drug-likeness (QED) is 0.637. The molecular weight excluding hydrogens is 341 g/mol. The highest BCUT2D eigenvalue weighted by molar-refractivity contribution is 5.61. The van der Waals surface area contributed by atoms with Gasteiger partial charge in [-0.1, -0.05) is 12.1 Å². The molecule has 2 N–H and O–H groups in total. The van der Waals surface area contributed by atoms with Crippen molar-refractivity contribution < 1.29 is 13.2 Å². The Morgan fingerprint density at radius 3 is 2.35 bits per heavy atom. The molecule has 0 fully saturated rings. The Balaban J connectivity index is 1.78. The van der Waals surface area contributed by atoms with Crippen molar-refractivity contribution in [1.82, 2.24) is 9.97 Å². The van der Waals surface area contributed by atoms with Gasteiger partial charge in [-0.3, -0.25) is 0 Å². The van der Waals surface area contributed by atoms with Crippen molar-refractivity contribution in [2.75, 3.05) is 10.6 Å². The van der Waals surface area contributed by atoms with Crippen molar-refractivity contribution in [2.24, 2.45) is 0 Å². The fourth-order valence-electron chi connectivity index (χ4n) is 2.36. The molecule has 0 aliphatic rings. The van der Waals surface area contributed by atoms with Gasteiger partial charge in [-0.2, -0.15) is 18.2 Å². The first-order valence-electron chi connectivity index (χ1n) is 7.93. The van der Waals surface area contributed by atoms with Crippen LogP contribution in [0.5, 0.6) is 0 Å². The summed E-state index contributed by atoms with van der Waals surface area (Å²) in [5.41, 5.74) is 2.74. The van der Waals surface area contributed by atoms with E-state index >= 15 is 0 Å². The second-order valence-corrected chi connectivity index (χ2v) is 5.89. The van der Waals surface area contributed by atoms with E-state index in [9.17, 15) is 13.2 Å². The normalized spacial score (nSPS) is 11.3. The van der Waals surface area contributed by atoms with Gasteiger partial charge in [-0.25, -0.2) is 4.98 Å². The molecule has 26 heavy (non-hydrogen) atoms. The maximum absolute atomic E-state index is 12.8. The second-order valence-electron chi connectivity index (χ2n) is 5.89. The minimum atomic E-state index is -4.40. The van der Waals surface area contributed by atoms with Crippen LogP contribution in [0.4, 0.5) is 36.3 Å². The third kappa shape index (κ3) is 4.30. The lowest BCUT2D eigenvalue weighted by atomic mass is 10.1. The zero-order valence-electron chi connectivity index (χ0n) is 14.2. The van der Waals surface area contributed by atoms with Crippen LogP contribution >= 0.6 is 0 Å². The summed E-state index contributed by atoms with van der Waals surface area (Å²) in [7, 11) is 0. The minimum Gasteiger partial charge on any atom is -0.340 e. The van der Waals surface area contributed by atoms with E-state index in [-0.39, 0.29) is 11.6 Å². The summed E-state index contributed by atoms with van der Waals surface area (Å²) in [6.07, 6.45) is -2.86. The largest absolute Gasteiger partial charge is 0.416 e. The maximum Gasteiger partial charge on any atom is 0.416 e. The zero-order chi connectivity index (χ0) is 18.7. The van der Waals surface area contributed by atoms with Crippen molar-refractivity contribution in [1.29, 1.82) is 0 Å². The van der Waals surface area contributed by atoms with E-state index in [0.717, 1.165) is 23.4 Å². The zero-order valence-corrected chi connectivity index (χ0v) is 14.2. The third-order valence-electron chi connectivity index (χ3n) is 3.88. The molecule has 0 aliphatic heterocycles. The molecule has 3 aromatic rings. The molecule has 1 heterocycles. The summed E-state index contributed by atoms with van der Waals surface area (Å²) >= 11 is 0. The van der Waals surface area contributed by atoms with Crippen LogP contribution in [-0.4, -0.2) is 9.97 Å². The van der Waals surface area contributed by atoms with Gasteiger partial charge in [-0.15, -0.1) is 0 Å². The Kier molecular flexibility index (Phi) is 4.79. The van der Waals surface area contributed by atoms with Gasteiger partial charge < -0.3 is 10.6 Å². The molecule has 1 aromatic heterocycles. The van der Waals surface area contributed by atoms with Gasteiger partial charge in [0.25, 0.3) is 0 Å². The van der Waals surface area contributed by atoms with Crippen molar-refractivity contribution >= 4 is 23.1 Å². The smallest absolute Gasteiger partial charge is 0.340 e. The van der Waals surface area contributed by atoms with E-state index in [1.54, 1.807) is 6.07 Å².